The van der Waals surface area contributed by atoms with E-state index in [9.17, 15) is 18.0 Å². The molecule has 1 aromatic carbocycles. The van der Waals surface area contributed by atoms with Crippen molar-refractivity contribution in [1.82, 2.24) is 14.5 Å². The quantitative estimate of drug-likeness (QED) is 0.587. The maximum Gasteiger partial charge on any atom is 0.243 e. The Hall–Kier alpha value is -2.01. The van der Waals surface area contributed by atoms with Gasteiger partial charge in [0, 0.05) is 57.9 Å². The third-order valence-electron chi connectivity index (χ3n) is 5.82. The highest BCUT2D eigenvalue weighted by Gasteiger charge is 2.35. The van der Waals surface area contributed by atoms with Gasteiger partial charge >= 0.3 is 0 Å². The molecule has 172 valence electrons. The second-order valence-electron chi connectivity index (χ2n) is 7.73. The molecule has 2 aliphatic heterocycles. The van der Waals surface area contributed by atoms with Crippen LogP contribution in [0.4, 0.5) is 5.69 Å². The molecule has 0 unspecified atom stereocenters. The number of morpholine rings is 1. The molecule has 1 aromatic rings. The first-order chi connectivity index (χ1) is 14.9. The van der Waals surface area contributed by atoms with E-state index >= 15 is 0 Å². The molecule has 9 nitrogen and oxygen atoms in total. The Bertz CT molecular complexity index is 864. The van der Waals surface area contributed by atoms with E-state index in [0.717, 1.165) is 32.8 Å². The number of carbonyl (C=O) groups is 2. The maximum absolute atomic E-state index is 12.6. The molecule has 2 heterocycles. The van der Waals surface area contributed by atoms with Crippen molar-refractivity contribution >= 4 is 27.5 Å². The molecule has 31 heavy (non-hydrogen) atoms. The van der Waals surface area contributed by atoms with Gasteiger partial charge in [0.15, 0.2) is 0 Å². The van der Waals surface area contributed by atoms with Crippen molar-refractivity contribution in [2.45, 2.75) is 25.2 Å². The molecule has 1 atom stereocenters. The number of carbonyl (C=O) groups excluding carboxylic acids is 2. The molecule has 2 fully saturated rings. The average Bonchev–Trinajstić information content (AvgIpc) is 3.17. The van der Waals surface area contributed by atoms with E-state index < -0.39 is 15.9 Å². The Morgan fingerprint density at radius 3 is 2.42 bits per heavy atom. The van der Waals surface area contributed by atoms with Crippen LogP contribution in [-0.4, -0.2) is 88.5 Å². The maximum atomic E-state index is 12.6. The zero-order chi connectivity index (χ0) is 22.4. The zero-order valence-electron chi connectivity index (χ0n) is 18.2. The largest absolute Gasteiger partial charge is 0.379 e. The first kappa shape index (κ1) is 23.6. The van der Waals surface area contributed by atoms with Gasteiger partial charge in [-0.05, 0) is 24.3 Å². The van der Waals surface area contributed by atoms with Crippen molar-refractivity contribution < 1.29 is 22.7 Å². The SMILES string of the molecule is CCN(CC)S(=O)(=O)c1ccc(N2C[C@@H](C(=O)NCCN3CCOCC3)CC2=O)cc1. The molecule has 0 saturated carbocycles. The number of hydrogen-bond donors (Lipinski definition) is 1. The number of ether oxygens (including phenoxy) is 1. The second-order valence-corrected chi connectivity index (χ2v) is 9.67. The van der Waals surface area contributed by atoms with Gasteiger partial charge in [-0.2, -0.15) is 4.31 Å². The fourth-order valence-electron chi connectivity index (χ4n) is 3.95. The zero-order valence-corrected chi connectivity index (χ0v) is 19.1. The molecule has 2 saturated heterocycles. The number of nitrogens with one attached hydrogen (secondary N) is 1. The summed E-state index contributed by atoms with van der Waals surface area (Å²) in [6, 6.07) is 6.30. The van der Waals surface area contributed by atoms with Crippen molar-refractivity contribution in [2.75, 3.05) is 63.9 Å². The Labute approximate surface area is 184 Å². The Morgan fingerprint density at radius 2 is 1.81 bits per heavy atom. The van der Waals surface area contributed by atoms with Crippen LogP contribution < -0.4 is 10.2 Å². The first-order valence-corrected chi connectivity index (χ1v) is 12.3. The summed E-state index contributed by atoms with van der Waals surface area (Å²) in [5.74, 6) is -0.659. The van der Waals surface area contributed by atoms with E-state index in [4.69, 9.17) is 4.74 Å². The Morgan fingerprint density at radius 1 is 1.16 bits per heavy atom. The molecule has 2 amide bonds. The summed E-state index contributed by atoms with van der Waals surface area (Å²) in [6.45, 7) is 9.16. The van der Waals surface area contributed by atoms with Gasteiger partial charge in [0.1, 0.15) is 0 Å². The lowest BCUT2D eigenvalue weighted by Gasteiger charge is -2.26. The number of anilines is 1. The number of benzene rings is 1. The molecule has 0 spiro atoms. The monoisotopic (exact) mass is 452 g/mol. The van der Waals surface area contributed by atoms with E-state index in [1.165, 1.54) is 16.4 Å². The van der Waals surface area contributed by atoms with Gasteiger partial charge in [-0.25, -0.2) is 8.42 Å². The van der Waals surface area contributed by atoms with Gasteiger partial charge < -0.3 is 15.0 Å². The normalized spacial score (nSPS) is 20.4. The van der Waals surface area contributed by atoms with Crippen LogP contribution >= 0.6 is 0 Å². The van der Waals surface area contributed by atoms with Crippen LogP contribution in [0.15, 0.2) is 29.2 Å². The van der Waals surface area contributed by atoms with Gasteiger partial charge in [0.2, 0.25) is 21.8 Å². The van der Waals surface area contributed by atoms with Crippen LogP contribution in [0, 0.1) is 5.92 Å². The van der Waals surface area contributed by atoms with Crippen molar-refractivity contribution in [3.05, 3.63) is 24.3 Å². The van der Waals surface area contributed by atoms with Crippen molar-refractivity contribution in [2.24, 2.45) is 5.92 Å². The summed E-state index contributed by atoms with van der Waals surface area (Å²) in [6.07, 6.45) is 0.156. The second kappa shape index (κ2) is 10.5. The minimum Gasteiger partial charge on any atom is -0.379 e. The van der Waals surface area contributed by atoms with E-state index in [2.05, 4.69) is 10.2 Å². The van der Waals surface area contributed by atoms with Gasteiger partial charge in [-0.1, -0.05) is 13.8 Å². The topological polar surface area (TPSA) is 99.3 Å². The van der Waals surface area contributed by atoms with Crippen LogP contribution in [0.3, 0.4) is 0 Å². The predicted molar refractivity (Wildman–Crippen MR) is 117 cm³/mol. The number of amides is 2. The molecule has 0 bridgehead atoms. The van der Waals surface area contributed by atoms with E-state index in [1.54, 1.807) is 30.9 Å². The van der Waals surface area contributed by atoms with Crippen molar-refractivity contribution in [3.8, 4) is 0 Å². The lowest BCUT2D eigenvalue weighted by molar-refractivity contribution is -0.126. The minimum absolute atomic E-state index is 0.121. The summed E-state index contributed by atoms with van der Waals surface area (Å²) >= 11 is 0. The minimum atomic E-state index is -3.54. The summed E-state index contributed by atoms with van der Waals surface area (Å²) in [5, 5.41) is 2.93. The number of sulfonamides is 1. The summed E-state index contributed by atoms with van der Waals surface area (Å²) in [4.78, 5) is 29.0. The van der Waals surface area contributed by atoms with E-state index in [0.29, 0.717) is 31.9 Å². The highest BCUT2D eigenvalue weighted by Crippen LogP contribution is 2.27. The fourth-order valence-corrected chi connectivity index (χ4v) is 5.41. The highest BCUT2D eigenvalue weighted by atomic mass is 32.2. The average molecular weight is 453 g/mol. The van der Waals surface area contributed by atoms with E-state index in [-0.39, 0.29) is 23.1 Å². The van der Waals surface area contributed by atoms with Gasteiger partial charge in [-0.3, -0.25) is 14.5 Å². The van der Waals surface area contributed by atoms with Crippen LogP contribution in [0.25, 0.3) is 0 Å². The molecule has 0 radical (unpaired) electrons. The lowest BCUT2D eigenvalue weighted by atomic mass is 10.1. The standard InChI is InChI=1S/C21H32N4O5S/c1-3-24(4-2)31(28,29)19-7-5-18(6-8-19)25-16-17(15-20(25)26)21(27)22-9-10-23-11-13-30-14-12-23/h5-8,17H,3-4,9-16H2,1-2H3,(H,22,27)/t17-/m0/s1. The Kier molecular flexibility index (Phi) is 8.04. The Balaban J connectivity index is 1.56. The molecule has 2 aliphatic rings. The summed E-state index contributed by atoms with van der Waals surface area (Å²) in [5.41, 5.74) is 0.604. The van der Waals surface area contributed by atoms with Crippen LogP contribution in [0.5, 0.6) is 0 Å². The van der Waals surface area contributed by atoms with Gasteiger partial charge in [-0.15, -0.1) is 0 Å². The van der Waals surface area contributed by atoms with E-state index in [1.807, 2.05) is 0 Å². The number of hydrogen-bond acceptors (Lipinski definition) is 6. The first-order valence-electron chi connectivity index (χ1n) is 10.8. The molecule has 1 N–H and O–H groups in total. The third-order valence-corrected chi connectivity index (χ3v) is 7.88. The summed E-state index contributed by atoms with van der Waals surface area (Å²) < 4.78 is 32.0. The van der Waals surface area contributed by atoms with Crippen LogP contribution in [-0.2, 0) is 24.3 Å². The smallest absolute Gasteiger partial charge is 0.243 e. The van der Waals surface area contributed by atoms with Gasteiger partial charge in [0.25, 0.3) is 0 Å². The number of nitrogens with zero attached hydrogens (tertiary/aromatic N) is 3. The molecule has 0 aromatic heterocycles. The lowest BCUT2D eigenvalue weighted by Crippen LogP contribution is -2.42. The molecule has 3 rings (SSSR count). The highest BCUT2D eigenvalue weighted by molar-refractivity contribution is 7.89. The van der Waals surface area contributed by atoms with Crippen LogP contribution in [0.2, 0.25) is 0 Å². The van der Waals surface area contributed by atoms with Crippen molar-refractivity contribution in [1.29, 1.82) is 0 Å². The summed E-state index contributed by atoms with van der Waals surface area (Å²) in [7, 11) is -3.54. The molecule has 0 aliphatic carbocycles. The van der Waals surface area contributed by atoms with Gasteiger partial charge in [0.05, 0.1) is 24.0 Å². The number of rotatable bonds is 9. The van der Waals surface area contributed by atoms with Crippen LogP contribution in [0.1, 0.15) is 20.3 Å². The van der Waals surface area contributed by atoms with Crippen molar-refractivity contribution in [3.63, 3.8) is 0 Å². The third kappa shape index (κ3) is 5.62. The predicted octanol–water partition coefficient (Wildman–Crippen LogP) is 0.518. The molecular weight excluding hydrogens is 420 g/mol. The molecule has 10 heteroatoms. The molecular formula is C21H32N4O5S. The fraction of sp³-hybridized carbons (Fsp3) is 0.619.